The van der Waals surface area contributed by atoms with Crippen molar-refractivity contribution in [3.63, 3.8) is 0 Å². The zero-order valence-electron chi connectivity index (χ0n) is 14.1. The van der Waals surface area contributed by atoms with Gasteiger partial charge in [-0.1, -0.05) is 0 Å². The summed E-state index contributed by atoms with van der Waals surface area (Å²) < 4.78 is 6.24. The van der Waals surface area contributed by atoms with Gasteiger partial charge in [-0.2, -0.15) is 0 Å². The minimum atomic E-state index is -0.813. The number of hydrogen-bond donors (Lipinski definition) is 2. The van der Waals surface area contributed by atoms with Crippen LogP contribution in [0.1, 0.15) is 45.8 Å². The number of fused-ring (bicyclic) bond motifs is 2. The summed E-state index contributed by atoms with van der Waals surface area (Å²) in [6, 6.07) is 1.87. The number of likely N-dealkylation sites (tertiary alicyclic amines) is 1. The number of ether oxygens (including phenoxy) is 1. The fourth-order valence-electron chi connectivity index (χ4n) is 4.44. The van der Waals surface area contributed by atoms with Crippen molar-refractivity contribution < 1.29 is 14.6 Å². The van der Waals surface area contributed by atoms with E-state index in [1.54, 1.807) is 0 Å². The normalized spacial score (nSPS) is 27.1. The van der Waals surface area contributed by atoms with E-state index < -0.39 is 5.97 Å². The standard InChI is InChI=1S/C18H26N2O3S/c21-17(22)15-10-14-3-9-23-18(16(14)24-15)4-7-20(8-5-18)12-13-2-1-6-19-11-13/h10,13,19H,1-9,11-12H2,(H,21,22). The maximum Gasteiger partial charge on any atom is 0.345 e. The molecule has 0 radical (unpaired) electrons. The number of nitrogens with zero attached hydrogens (tertiary/aromatic N) is 1. The molecule has 1 spiro atoms. The van der Waals surface area contributed by atoms with Gasteiger partial charge in [-0.05, 0) is 62.7 Å². The molecular weight excluding hydrogens is 324 g/mol. The Hall–Kier alpha value is -0.950. The summed E-state index contributed by atoms with van der Waals surface area (Å²) in [7, 11) is 0. The lowest BCUT2D eigenvalue weighted by molar-refractivity contribution is -0.0965. The molecule has 6 heteroatoms. The van der Waals surface area contributed by atoms with Gasteiger partial charge in [-0.15, -0.1) is 11.3 Å². The van der Waals surface area contributed by atoms with E-state index in [4.69, 9.17) is 4.74 Å². The quantitative estimate of drug-likeness (QED) is 0.876. The molecule has 24 heavy (non-hydrogen) atoms. The number of carboxylic acids is 1. The van der Waals surface area contributed by atoms with Crippen molar-refractivity contribution in [1.82, 2.24) is 10.2 Å². The predicted molar refractivity (Wildman–Crippen MR) is 93.9 cm³/mol. The van der Waals surface area contributed by atoms with Gasteiger partial charge >= 0.3 is 5.97 Å². The number of thiophene rings is 1. The summed E-state index contributed by atoms with van der Waals surface area (Å²) in [5.41, 5.74) is 0.973. The first kappa shape index (κ1) is 16.5. The Bertz CT molecular complexity index is 601. The van der Waals surface area contributed by atoms with Gasteiger partial charge < -0.3 is 20.1 Å². The summed E-state index contributed by atoms with van der Waals surface area (Å²) >= 11 is 1.43. The largest absolute Gasteiger partial charge is 0.477 e. The third-order valence-electron chi connectivity index (χ3n) is 5.76. The summed E-state index contributed by atoms with van der Waals surface area (Å²) in [5, 5.41) is 12.8. The highest BCUT2D eigenvalue weighted by Crippen LogP contribution is 2.45. The first-order chi connectivity index (χ1) is 11.7. The Labute approximate surface area is 147 Å². The molecule has 1 unspecified atom stereocenters. The van der Waals surface area contributed by atoms with E-state index in [2.05, 4.69) is 10.2 Å². The highest BCUT2D eigenvalue weighted by Gasteiger charge is 2.43. The van der Waals surface area contributed by atoms with Crippen LogP contribution >= 0.6 is 11.3 Å². The van der Waals surface area contributed by atoms with Crippen molar-refractivity contribution in [3.8, 4) is 0 Å². The third kappa shape index (κ3) is 3.12. The molecule has 4 rings (SSSR count). The van der Waals surface area contributed by atoms with E-state index in [1.807, 2.05) is 6.07 Å². The van der Waals surface area contributed by atoms with Crippen molar-refractivity contribution in [2.24, 2.45) is 5.92 Å². The molecule has 2 fully saturated rings. The Kier molecular flexibility index (Phi) is 4.64. The second-order valence-corrected chi connectivity index (χ2v) is 8.43. The lowest BCUT2D eigenvalue weighted by Gasteiger charge is -2.44. The van der Waals surface area contributed by atoms with Crippen LogP contribution in [0.3, 0.4) is 0 Å². The zero-order chi connectivity index (χ0) is 16.6. The van der Waals surface area contributed by atoms with E-state index in [0.29, 0.717) is 4.88 Å². The van der Waals surface area contributed by atoms with Crippen LogP contribution in [0.4, 0.5) is 0 Å². The summed E-state index contributed by atoms with van der Waals surface area (Å²) in [6.07, 6.45) is 5.45. The molecule has 0 aromatic carbocycles. The number of piperidine rings is 2. The van der Waals surface area contributed by atoms with Gasteiger partial charge in [0.2, 0.25) is 0 Å². The van der Waals surface area contributed by atoms with Crippen LogP contribution in [-0.4, -0.2) is 55.3 Å². The van der Waals surface area contributed by atoms with E-state index in [0.717, 1.165) is 51.4 Å². The van der Waals surface area contributed by atoms with Crippen molar-refractivity contribution in [2.45, 2.75) is 37.7 Å². The molecule has 0 bridgehead atoms. The van der Waals surface area contributed by atoms with Crippen LogP contribution in [0.5, 0.6) is 0 Å². The average molecular weight is 350 g/mol. The Morgan fingerprint density at radius 3 is 3.00 bits per heavy atom. The van der Waals surface area contributed by atoms with Gasteiger partial charge in [0.05, 0.1) is 6.61 Å². The molecule has 2 N–H and O–H groups in total. The number of hydrogen-bond acceptors (Lipinski definition) is 5. The number of nitrogens with one attached hydrogen (secondary N) is 1. The first-order valence-corrected chi connectivity index (χ1v) is 9.91. The van der Waals surface area contributed by atoms with Crippen LogP contribution < -0.4 is 5.32 Å². The van der Waals surface area contributed by atoms with Gasteiger partial charge in [-0.25, -0.2) is 4.79 Å². The van der Waals surface area contributed by atoms with E-state index >= 15 is 0 Å². The van der Waals surface area contributed by atoms with E-state index in [9.17, 15) is 9.90 Å². The highest BCUT2D eigenvalue weighted by atomic mass is 32.1. The Morgan fingerprint density at radius 1 is 1.46 bits per heavy atom. The van der Waals surface area contributed by atoms with Gasteiger partial charge in [0, 0.05) is 24.5 Å². The van der Waals surface area contributed by atoms with E-state index in [-0.39, 0.29) is 5.60 Å². The van der Waals surface area contributed by atoms with Gasteiger partial charge in [-0.3, -0.25) is 0 Å². The second kappa shape index (κ2) is 6.75. The van der Waals surface area contributed by atoms with Crippen LogP contribution in [0.15, 0.2) is 6.07 Å². The molecule has 1 atom stereocenters. The maximum atomic E-state index is 11.3. The van der Waals surface area contributed by atoms with E-state index in [1.165, 1.54) is 47.7 Å². The van der Waals surface area contributed by atoms with Crippen molar-refractivity contribution >= 4 is 17.3 Å². The lowest BCUT2D eigenvalue weighted by atomic mass is 9.84. The fourth-order valence-corrected chi connectivity index (χ4v) is 5.69. The second-order valence-electron chi connectivity index (χ2n) is 7.38. The summed E-state index contributed by atoms with van der Waals surface area (Å²) in [4.78, 5) is 15.5. The Balaban J connectivity index is 1.44. The van der Waals surface area contributed by atoms with Crippen LogP contribution in [-0.2, 0) is 16.8 Å². The molecule has 1 aromatic heterocycles. The number of carboxylic acid groups (broad SMARTS) is 1. The van der Waals surface area contributed by atoms with Gasteiger partial charge in [0.25, 0.3) is 0 Å². The predicted octanol–water partition coefficient (Wildman–Crippen LogP) is 2.31. The number of aromatic carboxylic acids is 1. The molecule has 2 saturated heterocycles. The monoisotopic (exact) mass is 350 g/mol. The molecule has 0 amide bonds. The molecule has 0 aliphatic carbocycles. The number of rotatable bonds is 3. The van der Waals surface area contributed by atoms with Gasteiger partial charge in [0.15, 0.2) is 0 Å². The molecule has 5 nitrogen and oxygen atoms in total. The smallest absolute Gasteiger partial charge is 0.345 e. The minimum absolute atomic E-state index is 0.229. The summed E-state index contributed by atoms with van der Waals surface area (Å²) in [6.45, 7) is 6.32. The van der Waals surface area contributed by atoms with Crippen LogP contribution in [0.25, 0.3) is 0 Å². The minimum Gasteiger partial charge on any atom is -0.477 e. The maximum absolute atomic E-state index is 11.3. The molecule has 3 aliphatic heterocycles. The fraction of sp³-hybridized carbons (Fsp3) is 0.722. The van der Waals surface area contributed by atoms with Crippen molar-refractivity contribution in [3.05, 3.63) is 21.4 Å². The molecule has 132 valence electrons. The SMILES string of the molecule is O=C(O)c1cc2c(s1)C1(CCN(CC3CCCNC3)CC1)OCC2. The third-order valence-corrected chi connectivity index (χ3v) is 7.11. The highest BCUT2D eigenvalue weighted by molar-refractivity contribution is 7.14. The molecule has 3 aliphatic rings. The Morgan fingerprint density at radius 2 is 2.29 bits per heavy atom. The summed E-state index contributed by atoms with van der Waals surface area (Å²) in [5.74, 6) is -0.0391. The van der Waals surface area contributed by atoms with Crippen molar-refractivity contribution in [1.29, 1.82) is 0 Å². The lowest BCUT2D eigenvalue weighted by Crippen LogP contribution is -2.48. The van der Waals surface area contributed by atoms with Crippen LogP contribution in [0, 0.1) is 5.92 Å². The van der Waals surface area contributed by atoms with Crippen LogP contribution in [0.2, 0.25) is 0 Å². The molecule has 4 heterocycles. The van der Waals surface area contributed by atoms with Crippen molar-refractivity contribution in [2.75, 3.05) is 39.3 Å². The average Bonchev–Trinajstić information content (AvgIpc) is 3.04. The topological polar surface area (TPSA) is 61.8 Å². The zero-order valence-corrected chi connectivity index (χ0v) is 14.9. The molecule has 0 saturated carbocycles. The first-order valence-electron chi connectivity index (χ1n) is 9.10. The number of carbonyl (C=O) groups is 1. The molecule has 1 aromatic rings. The molecular formula is C18H26N2O3S. The van der Waals surface area contributed by atoms with Gasteiger partial charge in [0.1, 0.15) is 10.5 Å².